The van der Waals surface area contributed by atoms with Crippen molar-refractivity contribution in [2.24, 2.45) is 0 Å². The van der Waals surface area contributed by atoms with Crippen LogP contribution in [0.5, 0.6) is 0 Å². The minimum absolute atomic E-state index is 0.396. The Morgan fingerprint density at radius 3 is 1.59 bits per heavy atom. The van der Waals surface area contributed by atoms with Crippen LogP contribution in [-0.4, -0.2) is 6.71 Å². The predicted octanol–water partition coefficient (Wildman–Crippen LogP) is 6.16. The zero-order valence-corrected chi connectivity index (χ0v) is 19.4. The first kappa shape index (κ1) is 19.4. The molecule has 3 aromatic rings. The van der Waals surface area contributed by atoms with Crippen molar-refractivity contribution in [3.05, 3.63) is 51.7 Å². The molecule has 4 heteroatoms. The highest BCUT2D eigenvalue weighted by atomic mass is 32.2. The third kappa shape index (κ3) is 3.34. The lowest BCUT2D eigenvalue weighted by molar-refractivity contribution is 0.812. The van der Waals surface area contributed by atoms with Crippen LogP contribution < -0.4 is 15.0 Å². The third-order valence-electron chi connectivity index (χ3n) is 5.52. The summed E-state index contributed by atoms with van der Waals surface area (Å²) in [6, 6.07) is 9.62. The van der Waals surface area contributed by atoms with Gasteiger partial charge in [0.25, 0.3) is 6.71 Å². The summed E-state index contributed by atoms with van der Waals surface area (Å²) >= 11 is 5.82. The summed E-state index contributed by atoms with van der Waals surface area (Å²) in [4.78, 5) is 2.90. The van der Waals surface area contributed by atoms with Crippen LogP contribution in [-0.2, 0) is 0 Å². The van der Waals surface area contributed by atoms with Crippen LogP contribution >= 0.6 is 34.4 Å². The van der Waals surface area contributed by atoms with E-state index in [1.54, 1.807) is 16.6 Å². The molecule has 0 bridgehead atoms. The van der Waals surface area contributed by atoms with Crippen LogP contribution in [0.1, 0.15) is 76.0 Å². The number of rotatable bonds is 4. The molecule has 140 valence electrons. The first-order valence-electron chi connectivity index (χ1n) is 9.88. The second kappa shape index (κ2) is 7.46. The number of hydrogen-bond donors (Lipinski definition) is 0. The number of thiophene rings is 2. The van der Waals surface area contributed by atoms with Gasteiger partial charge in [-0.05, 0) is 66.9 Å². The van der Waals surface area contributed by atoms with Crippen molar-refractivity contribution >= 4 is 56.2 Å². The zero-order valence-electron chi connectivity index (χ0n) is 17.0. The maximum absolute atomic E-state index is 2.50. The first-order valence-corrected chi connectivity index (χ1v) is 12.5. The van der Waals surface area contributed by atoms with Crippen molar-refractivity contribution < 1.29 is 0 Å². The summed E-state index contributed by atoms with van der Waals surface area (Å²) in [6.07, 6.45) is 0. The Morgan fingerprint density at radius 1 is 0.704 bits per heavy atom. The largest absolute Gasteiger partial charge is 0.270 e. The fourth-order valence-corrected chi connectivity index (χ4v) is 7.60. The van der Waals surface area contributed by atoms with E-state index in [1.165, 1.54) is 24.9 Å². The van der Waals surface area contributed by atoms with Crippen molar-refractivity contribution in [1.29, 1.82) is 0 Å². The minimum atomic E-state index is 0.396. The van der Waals surface area contributed by atoms with Gasteiger partial charge in [-0.15, -0.1) is 0 Å². The fraction of sp³-hybridized carbons (Fsp3) is 0.391. The molecule has 0 N–H and O–H groups in total. The molecule has 0 radical (unpaired) electrons. The van der Waals surface area contributed by atoms with Crippen molar-refractivity contribution in [3.8, 4) is 0 Å². The van der Waals surface area contributed by atoms with Crippen molar-refractivity contribution in [3.63, 3.8) is 0 Å². The lowest BCUT2D eigenvalue weighted by Crippen LogP contribution is -2.55. The highest BCUT2D eigenvalue weighted by Crippen LogP contribution is 2.35. The van der Waals surface area contributed by atoms with Gasteiger partial charge < -0.3 is 0 Å². The van der Waals surface area contributed by atoms with E-state index in [1.807, 2.05) is 34.4 Å². The first-order chi connectivity index (χ1) is 12.9. The zero-order chi connectivity index (χ0) is 19.3. The number of fused-ring (bicyclic) bond motifs is 2. The highest BCUT2D eigenvalue weighted by molar-refractivity contribution is 8.00. The summed E-state index contributed by atoms with van der Waals surface area (Å²) in [5.41, 5.74) is 6.15. The van der Waals surface area contributed by atoms with E-state index in [0.29, 0.717) is 24.5 Å². The van der Waals surface area contributed by atoms with Gasteiger partial charge in [-0.2, -0.15) is 22.7 Å². The summed E-state index contributed by atoms with van der Waals surface area (Å²) in [6.45, 7) is 14.5. The van der Waals surface area contributed by atoms with Crippen molar-refractivity contribution in [1.82, 2.24) is 0 Å². The second-order valence-electron chi connectivity index (χ2n) is 8.41. The maximum atomic E-state index is 2.50. The Balaban J connectivity index is 2.04. The van der Waals surface area contributed by atoms with Gasteiger partial charge in [0.2, 0.25) is 0 Å². The predicted molar refractivity (Wildman–Crippen MR) is 126 cm³/mol. The molecule has 0 fully saturated rings. The molecule has 0 nitrogen and oxygen atoms in total. The monoisotopic (exact) mass is 410 g/mol. The van der Waals surface area contributed by atoms with E-state index >= 15 is 0 Å². The van der Waals surface area contributed by atoms with Crippen LogP contribution in [0.3, 0.4) is 0 Å². The Kier molecular flexibility index (Phi) is 5.35. The molecule has 0 aliphatic carbocycles. The standard InChI is InChI=1S/C23H27BS3/c1-13(2)16-11-17(14(3)4)21(18(12-16)15(5)6)24-22-19(7-9-25-22)27-20-8-10-26-23(20)24/h7-15H,1-6H3. The summed E-state index contributed by atoms with van der Waals surface area (Å²) in [5, 5.41) is 4.54. The molecule has 4 rings (SSSR count). The van der Waals surface area contributed by atoms with Crippen LogP contribution in [0, 0.1) is 0 Å². The summed E-state index contributed by atoms with van der Waals surface area (Å²) < 4.78 is 3.08. The van der Waals surface area contributed by atoms with Crippen molar-refractivity contribution in [2.75, 3.05) is 0 Å². The highest BCUT2D eigenvalue weighted by Gasteiger charge is 2.37. The van der Waals surface area contributed by atoms with E-state index in [2.05, 4.69) is 76.6 Å². The van der Waals surface area contributed by atoms with E-state index in [-0.39, 0.29) is 0 Å². The SMILES string of the molecule is CC(C)c1cc(C(C)C)c(B2c3sccc3Sc3ccsc32)c(C(C)C)c1. The molecule has 0 saturated carbocycles. The van der Waals surface area contributed by atoms with Gasteiger partial charge in [-0.3, -0.25) is 0 Å². The van der Waals surface area contributed by atoms with Gasteiger partial charge in [-0.1, -0.05) is 70.9 Å². The van der Waals surface area contributed by atoms with Crippen LogP contribution in [0.25, 0.3) is 0 Å². The molecule has 1 aliphatic rings. The lowest BCUT2D eigenvalue weighted by Gasteiger charge is -2.29. The van der Waals surface area contributed by atoms with Gasteiger partial charge in [-0.25, -0.2) is 0 Å². The topological polar surface area (TPSA) is 0 Å². The lowest BCUT2D eigenvalue weighted by atomic mass is 9.40. The van der Waals surface area contributed by atoms with E-state index in [9.17, 15) is 0 Å². The molecule has 0 saturated heterocycles. The Hall–Kier alpha value is -0.965. The normalized spacial score (nSPS) is 13.6. The molecule has 0 spiro atoms. The molecule has 0 amide bonds. The van der Waals surface area contributed by atoms with E-state index in [4.69, 9.17) is 0 Å². The minimum Gasteiger partial charge on any atom is -0.157 e. The van der Waals surface area contributed by atoms with Crippen molar-refractivity contribution in [2.45, 2.75) is 69.1 Å². The van der Waals surface area contributed by atoms with Crippen LogP contribution in [0.4, 0.5) is 0 Å². The Labute approximate surface area is 176 Å². The maximum Gasteiger partial charge on any atom is 0.270 e. The second-order valence-corrected chi connectivity index (χ2v) is 11.4. The van der Waals surface area contributed by atoms with E-state index < -0.39 is 0 Å². The Morgan fingerprint density at radius 2 is 1.19 bits per heavy atom. The Bertz CT molecular complexity index is 892. The fourth-order valence-electron chi connectivity index (χ4n) is 4.05. The summed E-state index contributed by atoms with van der Waals surface area (Å²) in [5.74, 6) is 1.61. The van der Waals surface area contributed by atoms with Crippen LogP contribution in [0.2, 0.25) is 0 Å². The summed E-state index contributed by atoms with van der Waals surface area (Å²) in [7, 11) is 0. The van der Waals surface area contributed by atoms with Gasteiger partial charge in [0.1, 0.15) is 0 Å². The number of hydrogen-bond acceptors (Lipinski definition) is 3. The van der Waals surface area contributed by atoms with E-state index in [0.717, 1.165) is 0 Å². The molecule has 1 aromatic carbocycles. The molecule has 3 heterocycles. The smallest absolute Gasteiger partial charge is 0.157 e. The average Bonchev–Trinajstić information content (AvgIpc) is 3.26. The molecule has 0 unspecified atom stereocenters. The van der Waals surface area contributed by atoms with Gasteiger partial charge >= 0.3 is 0 Å². The molecular formula is C23H27BS3. The van der Waals surface area contributed by atoms with Gasteiger partial charge in [0.15, 0.2) is 0 Å². The molecule has 1 aliphatic heterocycles. The molecular weight excluding hydrogens is 383 g/mol. The average molecular weight is 410 g/mol. The molecule has 2 aromatic heterocycles. The molecule has 27 heavy (non-hydrogen) atoms. The number of benzene rings is 1. The third-order valence-corrected chi connectivity index (χ3v) is 8.90. The van der Waals surface area contributed by atoms with Crippen LogP contribution in [0.15, 0.2) is 44.8 Å². The molecule has 0 atom stereocenters. The van der Waals surface area contributed by atoms with Gasteiger partial charge in [0, 0.05) is 9.79 Å². The quantitative estimate of drug-likeness (QED) is 0.363. The van der Waals surface area contributed by atoms with Gasteiger partial charge in [0.05, 0.1) is 0 Å².